The molecule has 0 spiro atoms. The zero-order valence-electron chi connectivity index (χ0n) is 13.4. The average Bonchev–Trinajstić information content (AvgIpc) is 2.60. The molecule has 1 aromatic carbocycles. The molecule has 2 heterocycles. The molecule has 5 heteroatoms. The fourth-order valence-electron chi connectivity index (χ4n) is 3.11. The van der Waals surface area contributed by atoms with E-state index in [9.17, 15) is 4.79 Å². The summed E-state index contributed by atoms with van der Waals surface area (Å²) in [5, 5.41) is 8.73. The van der Waals surface area contributed by atoms with Crippen molar-refractivity contribution in [3.8, 4) is 0 Å². The SMILES string of the molecule is CC(C)(c1ccccc1)N1CCc2cc(C(=O)NO)cnc2C1. The molecule has 2 N–H and O–H groups in total. The van der Waals surface area contributed by atoms with Crippen LogP contribution in [0, 0.1) is 0 Å². The summed E-state index contributed by atoms with van der Waals surface area (Å²) in [6, 6.07) is 12.3. The first-order valence-electron chi connectivity index (χ1n) is 7.75. The number of hydrogen-bond acceptors (Lipinski definition) is 4. The number of pyridine rings is 1. The van der Waals surface area contributed by atoms with Crippen molar-refractivity contribution in [1.29, 1.82) is 0 Å². The second-order valence-electron chi connectivity index (χ2n) is 6.37. The molecule has 0 saturated carbocycles. The van der Waals surface area contributed by atoms with Crippen LogP contribution in [0.1, 0.15) is 41.0 Å². The molecule has 0 unspecified atom stereocenters. The molecule has 1 amide bonds. The van der Waals surface area contributed by atoms with E-state index in [0.29, 0.717) is 5.56 Å². The topological polar surface area (TPSA) is 65.5 Å². The minimum absolute atomic E-state index is 0.0816. The number of nitrogens with one attached hydrogen (secondary N) is 1. The second kappa shape index (κ2) is 6.10. The third kappa shape index (κ3) is 2.98. The molecule has 2 aromatic rings. The van der Waals surface area contributed by atoms with Crippen molar-refractivity contribution in [2.24, 2.45) is 0 Å². The van der Waals surface area contributed by atoms with E-state index in [1.807, 2.05) is 12.1 Å². The van der Waals surface area contributed by atoms with E-state index in [1.54, 1.807) is 5.48 Å². The minimum Gasteiger partial charge on any atom is -0.288 e. The minimum atomic E-state index is -0.521. The summed E-state index contributed by atoms with van der Waals surface area (Å²) in [6.07, 6.45) is 2.36. The van der Waals surface area contributed by atoms with Gasteiger partial charge in [-0.3, -0.25) is 19.9 Å². The highest BCUT2D eigenvalue weighted by molar-refractivity contribution is 5.93. The molecule has 0 saturated heterocycles. The summed E-state index contributed by atoms with van der Waals surface area (Å²) < 4.78 is 0. The molecule has 1 aromatic heterocycles. The van der Waals surface area contributed by atoms with E-state index < -0.39 is 5.91 Å². The Labute approximate surface area is 135 Å². The molecule has 23 heavy (non-hydrogen) atoms. The number of benzene rings is 1. The summed E-state index contributed by atoms with van der Waals surface area (Å²) >= 11 is 0. The summed E-state index contributed by atoms with van der Waals surface area (Å²) in [6.45, 7) is 6.10. The molecular weight excluding hydrogens is 290 g/mol. The van der Waals surface area contributed by atoms with E-state index in [0.717, 1.165) is 30.8 Å². The number of carbonyl (C=O) groups excluding carboxylic acids is 1. The number of hydroxylamine groups is 1. The van der Waals surface area contributed by atoms with Crippen LogP contribution >= 0.6 is 0 Å². The molecule has 0 atom stereocenters. The van der Waals surface area contributed by atoms with Gasteiger partial charge in [0.2, 0.25) is 0 Å². The quantitative estimate of drug-likeness (QED) is 0.675. The Morgan fingerprint density at radius 1 is 1.30 bits per heavy atom. The molecule has 0 fully saturated rings. The lowest BCUT2D eigenvalue weighted by Crippen LogP contribution is -2.44. The first kappa shape index (κ1) is 15.6. The molecular formula is C18H21N3O2. The molecule has 1 aliphatic heterocycles. The van der Waals surface area contributed by atoms with Gasteiger partial charge in [-0.1, -0.05) is 30.3 Å². The lowest BCUT2D eigenvalue weighted by molar-refractivity contribution is 0.0704. The van der Waals surface area contributed by atoms with Crippen molar-refractivity contribution in [1.82, 2.24) is 15.4 Å². The molecule has 120 valence electrons. The van der Waals surface area contributed by atoms with Crippen molar-refractivity contribution in [2.75, 3.05) is 6.54 Å². The van der Waals surface area contributed by atoms with Crippen LogP contribution in [0.4, 0.5) is 0 Å². The van der Waals surface area contributed by atoms with Gasteiger partial charge in [-0.05, 0) is 37.5 Å². The molecule has 1 aliphatic rings. The number of amides is 1. The van der Waals surface area contributed by atoms with Crippen LogP contribution in [0.25, 0.3) is 0 Å². The van der Waals surface area contributed by atoms with Crippen LogP contribution < -0.4 is 5.48 Å². The van der Waals surface area contributed by atoms with Gasteiger partial charge in [0.15, 0.2) is 0 Å². The van der Waals surface area contributed by atoms with Crippen molar-refractivity contribution in [3.05, 3.63) is 65.0 Å². The number of fused-ring (bicyclic) bond motifs is 1. The van der Waals surface area contributed by atoms with Crippen LogP contribution in [0.3, 0.4) is 0 Å². The average molecular weight is 311 g/mol. The van der Waals surface area contributed by atoms with Gasteiger partial charge in [0.05, 0.1) is 11.3 Å². The van der Waals surface area contributed by atoms with E-state index in [2.05, 4.69) is 48.0 Å². The van der Waals surface area contributed by atoms with Gasteiger partial charge < -0.3 is 0 Å². The standard InChI is InChI=1S/C18H21N3O2/c1-18(2,15-6-4-3-5-7-15)21-9-8-13-10-14(17(22)20-23)11-19-16(13)12-21/h3-7,10-11,23H,8-9,12H2,1-2H3,(H,20,22). The summed E-state index contributed by atoms with van der Waals surface area (Å²) in [4.78, 5) is 18.3. The summed E-state index contributed by atoms with van der Waals surface area (Å²) in [5.74, 6) is -0.521. The maximum absolute atomic E-state index is 11.5. The molecule has 0 radical (unpaired) electrons. The first-order valence-corrected chi connectivity index (χ1v) is 7.75. The summed E-state index contributed by atoms with van der Waals surface area (Å²) in [5.41, 5.74) is 5.31. The lowest BCUT2D eigenvalue weighted by Gasteiger charge is -2.41. The number of rotatable bonds is 3. The van der Waals surface area contributed by atoms with E-state index in [-0.39, 0.29) is 5.54 Å². The van der Waals surface area contributed by atoms with Crippen LogP contribution in [0.5, 0.6) is 0 Å². The largest absolute Gasteiger partial charge is 0.288 e. The molecule has 0 aliphatic carbocycles. The lowest BCUT2D eigenvalue weighted by atomic mass is 9.89. The van der Waals surface area contributed by atoms with Gasteiger partial charge in [-0.15, -0.1) is 0 Å². The van der Waals surface area contributed by atoms with Crippen molar-refractivity contribution >= 4 is 5.91 Å². The highest BCUT2D eigenvalue weighted by Gasteiger charge is 2.31. The van der Waals surface area contributed by atoms with Gasteiger partial charge in [-0.2, -0.15) is 0 Å². The normalized spacial score (nSPS) is 15.1. The zero-order valence-corrected chi connectivity index (χ0v) is 13.4. The Balaban J connectivity index is 1.84. The van der Waals surface area contributed by atoms with Crippen molar-refractivity contribution in [3.63, 3.8) is 0 Å². The van der Waals surface area contributed by atoms with Crippen LogP contribution in [-0.4, -0.2) is 27.5 Å². The Kier molecular flexibility index (Phi) is 4.15. The predicted octanol–water partition coefficient (Wildman–Crippen LogP) is 2.49. The Hall–Kier alpha value is -2.24. The Morgan fingerprint density at radius 3 is 2.74 bits per heavy atom. The van der Waals surface area contributed by atoms with Gasteiger partial charge in [0.25, 0.3) is 5.91 Å². The third-order valence-corrected chi connectivity index (χ3v) is 4.69. The Morgan fingerprint density at radius 2 is 2.04 bits per heavy atom. The van der Waals surface area contributed by atoms with Crippen LogP contribution in [-0.2, 0) is 18.5 Å². The number of hydrogen-bond donors (Lipinski definition) is 2. The maximum Gasteiger partial charge on any atom is 0.276 e. The smallest absolute Gasteiger partial charge is 0.276 e. The zero-order chi connectivity index (χ0) is 16.4. The highest BCUT2D eigenvalue weighted by atomic mass is 16.5. The fourth-order valence-corrected chi connectivity index (χ4v) is 3.11. The first-order chi connectivity index (χ1) is 11.0. The van der Waals surface area contributed by atoms with Crippen molar-refractivity contribution < 1.29 is 10.0 Å². The van der Waals surface area contributed by atoms with Gasteiger partial charge in [0, 0.05) is 24.8 Å². The monoisotopic (exact) mass is 311 g/mol. The number of carbonyl (C=O) groups is 1. The van der Waals surface area contributed by atoms with E-state index in [1.165, 1.54) is 11.8 Å². The molecule has 5 nitrogen and oxygen atoms in total. The maximum atomic E-state index is 11.5. The second-order valence-corrected chi connectivity index (χ2v) is 6.37. The number of aromatic nitrogens is 1. The van der Waals surface area contributed by atoms with Gasteiger partial charge >= 0.3 is 0 Å². The van der Waals surface area contributed by atoms with Crippen molar-refractivity contribution in [2.45, 2.75) is 32.4 Å². The Bertz CT molecular complexity index is 713. The molecule has 3 rings (SSSR count). The van der Waals surface area contributed by atoms with E-state index >= 15 is 0 Å². The third-order valence-electron chi connectivity index (χ3n) is 4.69. The highest BCUT2D eigenvalue weighted by Crippen LogP contribution is 2.32. The van der Waals surface area contributed by atoms with Gasteiger partial charge in [-0.25, -0.2) is 5.48 Å². The fraction of sp³-hybridized carbons (Fsp3) is 0.333. The van der Waals surface area contributed by atoms with E-state index in [4.69, 9.17) is 5.21 Å². The van der Waals surface area contributed by atoms with Gasteiger partial charge in [0.1, 0.15) is 0 Å². The summed E-state index contributed by atoms with van der Waals surface area (Å²) in [7, 11) is 0. The molecule has 0 bridgehead atoms. The number of nitrogens with zero attached hydrogens (tertiary/aromatic N) is 2. The van der Waals surface area contributed by atoms with Crippen LogP contribution in [0.15, 0.2) is 42.6 Å². The van der Waals surface area contributed by atoms with Crippen LogP contribution in [0.2, 0.25) is 0 Å². The predicted molar refractivity (Wildman–Crippen MR) is 87.1 cm³/mol.